The van der Waals surface area contributed by atoms with E-state index >= 15 is 0 Å². The summed E-state index contributed by atoms with van der Waals surface area (Å²) in [5, 5.41) is 8.01. The minimum absolute atomic E-state index is 0. The Hall–Kier alpha value is -0.850. The fraction of sp³-hybridized carbons (Fsp3) is 0.833. The van der Waals surface area contributed by atoms with Crippen molar-refractivity contribution in [2.45, 2.75) is 32.2 Å². The van der Waals surface area contributed by atoms with Gasteiger partial charge in [-0.1, -0.05) is 6.92 Å². The van der Waals surface area contributed by atoms with Crippen molar-refractivity contribution in [3.63, 3.8) is 0 Å². The van der Waals surface area contributed by atoms with E-state index < -0.39 is 6.03 Å². The number of rotatable bonds is 5. The Bertz CT molecular complexity index is 283. The third-order valence-electron chi connectivity index (χ3n) is 3.16. The van der Waals surface area contributed by atoms with Gasteiger partial charge >= 0.3 is 6.03 Å². The van der Waals surface area contributed by atoms with Crippen LogP contribution in [0, 0.1) is 0 Å². The predicted octanol–water partition coefficient (Wildman–Crippen LogP) is 0.328. The highest BCUT2D eigenvalue weighted by molar-refractivity contribution is 5.95. The highest BCUT2D eigenvalue weighted by Crippen LogP contribution is 2.11. The molecular weight excluding hydrogens is 268 g/mol. The van der Waals surface area contributed by atoms with E-state index in [4.69, 9.17) is 0 Å². The largest absolute Gasteiger partial charge is 0.341 e. The van der Waals surface area contributed by atoms with E-state index in [0.29, 0.717) is 12.6 Å². The summed E-state index contributed by atoms with van der Waals surface area (Å²) in [6.07, 6.45) is 3.14. The first-order valence-electron chi connectivity index (χ1n) is 6.63. The number of piperidine rings is 1. The Morgan fingerprint density at radius 1 is 1.32 bits per heavy atom. The van der Waals surface area contributed by atoms with Crippen LogP contribution in [0.5, 0.6) is 0 Å². The van der Waals surface area contributed by atoms with Crippen LogP contribution in [-0.4, -0.2) is 56.1 Å². The summed E-state index contributed by atoms with van der Waals surface area (Å²) in [6, 6.07) is 0.00315. The van der Waals surface area contributed by atoms with E-state index in [1.54, 1.807) is 0 Å². The van der Waals surface area contributed by atoms with Crippen LogP contribution in [0.4, 0.5) is 4.79 Å². The van der Waals surface area contributed by atoms with Crippen molar-refractivity contribution in [2.75, 3.05) is 33.2 Å². The number of hydrogen-bond donors (Lipinski definition) is 3. The molecule has 1 aliphatic heterocycles. The number of carbonyl (C=O) groups is 2. The second-order valence-corrected chi connectivity index (χ2v) is 4.58. The number of nitrogens with zero attached hydrogens (tertiary/aromatic N) is 1. The number of carbonyl (C=O) groups excluding carboxylic acids is 2. The fourth-order valence-electron chi connectivity index (χ4n) is 2.26. The lowest BCUT2D eigenvalue weighted by Gasteiger charge is -2.33. The van der Waals surface area contributed by atoms with Gasteiger partial charge in [0, 0.05) is 13.1 Å². The highest BCUT2D eigenvalue weighted by atomic mass is 35.5. The molecule has 3 amide bonds. The summed E-state index contributed by atoms with van der Waals surface area (Å²) in [6.45, 7) is 5.30. The lowest BCUT2D eigenvalue weighted by Crippen LogP contribution is -2.49. The van der Waals surface area contributed by atoms with Gasteiger partial charge in [-0.05, 0) is 38.9 Å². The molecule has 7 heteroatoms. The number of imide groups is 1. The highest BCUT2D eigenvalue weighted by Gasteiger charge is 2.22. The molecular formula is C12H25ClN4O2. The summed E-state index contributed by atoms with van der Waals surface area (Å²) in [5.41, 5.74) is 0. The van der Waals surface area contributed by atoms with Crippen LogP contribution in [0.25, 0.3) is 0 Å². The maximum absolute atomic E-state index is 11.7. The Morgan fingerprint density at radius 2 is 1.95 bits per heavy atom. The van der Waals surface area contributed by atoms with Crippen LogP contribution in [0.2, 0.25) is 0 Å². The van der Waals surface area contributed by atoms with Gasteiger partial charge < -0.3 is 10.6 Å². The van der Waals surface area contributed by atoms with Gasteiger partial charge in [0.1, 0.15) is 0 Å². The molecule has 0 aromatic carbocycles. The molecule has 0 unspecified atom stereocenters. The molecule has 1 rings (SSSR count). The summed E-state index contributed by atoms with van der Waals surface area (Å²) in [5.74, 6) is -0.235. The lowest BCUT2D eigenvalue weighted by molar-refractivity contribution is -0.121. The minimum atomic E-state index is -0.443. The Morgan fingerprint density at radius 3 is 2.47 bits per heavy atom. The molecule has 0 atom stereocenters. The van der Waals surface area contributed by atoms with Gasteiger partial charge in [-0.25, -0.2) is 4.79 Å². The summed E-state index contributed by atoms with van der Waals surface area (Å²) in [4.78, 5) is 25.0. The van der Waals surface area contributed by atoms with Gasteiger partial charge in [0.2, 0.25) is 5.91 Å². The number of halogens is 1. The minimum Gasteiger partial charge on any atom is -0.341 e. The standard InChI is InChI=1S/C12H24N4O2.ClH/c1-3-8-16(10-4-6-14-7-5-10)9-11(17)15-12(18)13-2;/h10,14H,3-9H2,1-2H3,(H2,13,15,17,18);1H. The third-order valence-corrected chi connectivity index (χ3v) is 3.16. The monoisotopic (exact) mass is 292 g/mol. The van der Waals surface area contributed by atoms with Crippen LogP contribution < -0.4 is 16.0 Å². The molecule has 0 saturated carbocycles. The average molecular weight is 293 g/mol. The molecule has 0 spiro atoms. The Balaban J connectivity index is 0.00000324. The van der Waals surface area contributed by atoms with Gasteiger partial charge in [-0.2, -0.15) is 0 Å². The SMILES string of the molecule is CCCN(CC(=O)NC(=O)NC)C1CCNCC1.Cl. The zero-order chi connectivity index (χ0) is 13.4. The first-order chi connectivity index (χ1) is 8.67. The van der Waals surface area contributed by atoms with Crippen LogP contribution in [0.1, 0.15) is 26.2 Å². The third kappa shape index (κ3) is 6.75. The molecule has 0 aromatic heterocycles. The van der Waals surface area contributed by atoms with E-state index in [1.807, 2.05) is 0 Å². The van der Waals surface area contributed by atoms with Crippen LogP contribution in [-0.2, 0) is 4.79 Å². The van der Waals surface area contributed by atoms with Crippen molar-refractivity contribution < 1.29 is 9.59 Å². The normalized spacial score (nSPS) is 15.7. The molecule has 0 radical (unpaired) electrons. The van der Waals surface area contributed by atoms with E-state index in [0.717, 1.165) is 38.9 Å². The van der Waals surface area contributed by atoms with Crippen LogP contribution >= 0.6 is 12.4 Å². The molecule has 0 bridgehead atoms. The second-order valence-electron chi connectivity index (χ2n) is 4.58. The molecule has 0 aliphatic carbocycles. The predicted molar refractivity (Wildman–Crippen MR) is 77.6 cm³/mol. The van der Waals surface area contributed by atoms with Gasteiger partial charge in [-0.15, -0.1) is 12.4 Å². The Kier molecular flexibility index (Phi) is 9.55. The second kappa shape index (κ2) is 10.00. The fourth-order valence-corrected chi connectivity index (χ4v) is 2.26. The zero-order valence-electron chi connectivity index (χ0n) is 11.7. The molecule has 0 aromatic rings. The van der Waals surface area contributed by atoms with Crippen molar-refractivity contribution in [3.8, 4) is 0 Å². The van der Waals surface area contributed by atoms with Crippen molar-refractivity contribution in [2.24, 2.45) is 0 Å². The van der Waals surface area contributed by atoms with Gasteiger partial charge in [0.05, 0.1) is 6.54 Å². The van der Waals surface area contributed by atoms with Gasteiger partial charge in [0.15, 0.2) is 0 Å². The van der Waals surface area contributed by atoms with Crippen molar-refractivity contribution in [1.29, 1.82) is 0 Å². The molecule has 19 heavy (non-hydrogen) atoms. The molecule has 1 aliphatic rings. The van der Waals surface area contributed by atoms with Crippen molar-refractivity contribution in [3.05, 3.63) is 0 Å². The molecule has 1 fully saturated rings. The Labute approximate surface area is 121 Å². The van der Waals surface area contributed by atoms with E-state index in [2.05, 4.69) is 27.8 Å². The number of amides is 3. The number of hydrogen-bond acceptors (Lipinski definition) is 4. The smallest absolute Gasteiger partial charge is 0.321 e. The quantitative estimate of drug-likeness (QED) is 0.683. The van der Waals surface area contributed by atoms with E-state index in [1.165, 1.54) is 7.05 Å². The zero-order valence-corrected chi connectivity index (χ0v) is 12.5. The topological polar surface area (TPSA) is 73.5 Å². The maximum Gasteiger partial charge on any atom is 0.321 e. The molecule has 6 nitrogen and oxygen atoms in total. The maximum atomic E-state index is 11.7. The van der Waals surface area contributed by atoms with Crippen molar-refractivity contribution in [1.82, 2.24) is 20.9 Å². The van der Waals surface area contributed by atoms with E-state index in [-0.39, 0.29) is 18.3 Å². The van der Waals surface area contributed by atoms with Crippen molar-refractivity contribution >= 4 is 24.3 Å². The summed E-state index contributed by atoms with van der Waals surface area (Å²) < 4.78 is 0. The van der Waals surface area contributed by atoms with Gasteiger partial charge in [-0.3, -0.25) is 15.0 Å². The first kappa shape index (κ1) is 18.1. The van der Waals surface area contributed by atoms with Crippen LogP contribution in [0.3, 0.4) is 0 Å². The number of nitrogens with one attached hydrogen (secondary N) is 3. The van der Waals surface area contributed by atoms with E-state index in [9.17, 15) is 9.59 Å². The molecule has 3 N–H and O–H groups in total. The van der Waals surface area contributed by atoms with Gasteiger partial charge in [0.25, 0.3) is 0 Å². The molecule has 1 heterocycles. The molecule has 112 valence electrons. The summed E-state index contributed by atoms with van der Waals surface area (Å²) >= 11 is 0. The first-order valence-corrected chi connectivity index (χ1v) is 6.63. The van der Waals surface area contributed by atoms with Crippen LogP contribution in [0.15, 0.2) is 0 Å². The summed E-state index contributed by atoms with van der Waals surface area (Å²) in [7, 11) is 1.50. The lowest BCUT2D eigenvalue weighted by atomic mass is 10.0. The number of urea groups is 1. The molecule has 1 saturated heterocycles. The average Bonchev–Trinajstić information content (AvgIpc) is 2.39.